The molecule has 4 rings (SSSR count). The van der Waals surface area contributed by atoms with Crippen molar-refractivity contribution in [3.8, 4) is 11.1 Å². The second-order valence-corrected chi connectivity index (χ2v) is 8.53. The van der Waals surface area contributed by atoms with E-state index in [1.165, 1.54) is 12.1 Å². The topological polar surface area (TPSA) is 91.8 Å². The van der Waals surface area contributed by atoms with E-state index in [0.717, 1.165) is 5.56 Å². The summed E-state index contributed by atoms with van der Waals surface area (Å²) in [6, 6.07) is 3.85. The Labute approximate surface area is 193 Å². The third-order valence-electron chi connectivity index (χ3n) is 6.18. The van der Waals surface area contributed by atoms with Crippen LogP contribution < -0.4 is 16.0 Å². The summed E-state index contributed by atoms with van der Waals surface area (Å²) in [5, 5.41) is 8.34. The number of aryl methyl sites for hydroxylation is 2. The minimum absolute atomic E-state index is 0.0657. The normalized spacial score (nSPS) is 14.7. The minimum atomic E-state index is -4.28. The molecule has 0 radical (unpaired) electrons. The van der Waals surface area contributed by atoms with Crippen LogP contribution in [0.1, 0.15) is 30.5 Å². The molecule has 2 aromatic heterocycles. The zero-order valence-electron chi connectivity index (χ0n) is 18.9. The molecule has 2 amide bonds. The van der Waals surface area contributed by atoms with Crippen molar-refractivity contribution in [1.82, 2.24) is 20.3 Å². The average molecular weight is 476 g/mol. The van der Waals surface area contributed by atoms with Crippen LogP contribution in [-0.2, 0) is 0 Å². The molecular formula is C23H24F4N6O. The van der Waals surface area contributed by atoms with E-state index < -0.39 is 23.4 Å². The highest BCUT2D eigenvalue weighted by Gasteiger charge is 2.62. The van der Waals surface area contributed by atoms with Crippen LogP contribution in [0.4, 0.5) is 34.0 Å². The zero-order chi connectivity index (χ0) is 24.7. The van der Waals surface area contributed by atoms with Gasteiger partial charge in [-0.15, -0.1) is 0 Å². The number of nitrogens with zero attached hydrogens (tertiary/aromatic N) is 3. The van der Waals surface area contributed by atoms with E-state index in [2.05, 4.69) is 30.9 Å². The fourth-order valence-electron chi connectivity index (χ4n) is 3.91. The van der Waals surface area contributed by atoms with Gasteiger partial charge in [0.1, 0.15) is 5.82 Å². The number of carbonyl (C=O) groups is 1. The Bertz CT molecular complexity index is 1260. The number of nitrogens with one attached hydrogen (secondary N) is 3. The number of carbonyl (C=O) groups excluding carboxylic acids is 1. The van der Waals surface area contributed by atoms with Gasteiger partial charge in [-0.05, 0) is 62.4 Å². The van der Waals surface area contributed by atoms with Crippen LogP contribution in [0, 0.1) is 25.1 Å². The van der Waals surface area contributed by atoms with E-state index in [9.17, 15) is 22.4 Å². The lowest BCUT2D eigenvalue weighted by Crippen LogP contribution is -2.34. The first kappa shape index (κ1) is 23.7. The van der Waals surface area contributed by atoms with Crippen LogP contribution in [0.25, 0.3) is 22.2 Å². The SMILES string of the molecule is CNc1ncc2cc(-c3cc(NC(=O)NCCC4(C(F)(F)F)CC4)c(F)cc3C)c(C)nc2n1. The first-order valence-corrected chi connectivity index (χ1v) is 10.8. The third-order valence-corrected chi connectivity index (χ3v) is 6.18. The van der Waals surface area contributed by atoms with Crippen molar-refractivity contribution in [2.24, 2.45) is 5.41 Å². The number of aromatic nitrogens is 3. The Balaban J connectivity index is 1.53. The van der Waals surface area contributed by atoms with Crippen molar-refractivity contribution >= 4 is 28.7 Å². The lowest BCUT2D eigenvalue weighted by Gasteiger charge is -2.19. The number of rotatable bonds is 6. The molecule has 1 fully saturated rings. The van der Waals surface area contributed by atoms with E-state index in [0.29, 0.717) is 33.8 Å². The highest BCUT2D eigenvalue weighted by atomic mass is 19.4. The number of amides is 2. The summed E-state index contributed by atoms with van der Waals surface area (Å²) in [5.41, 5.74) is 1.36. The number of pyridine rings is 1. The van der Waals surface area contributed by atoms with Crippen molar-refractivity contribution in [3.05, 3.63) is 41.5 Å². The maximum atomic E-state index is 14.6. The summed E-state index contributed by atoms with van der Waals surface area (Å²) in [6.45, 7) is 3.37. The van der Waals surface area contributed by atoms with Crippen LogP contribution in [0.15, 0.2) is 24.4 Å². The molecule has 0 saturated heterocycles. The highest BCUT2D eigenvalue weighted by Crippen LogP contribution is 2.59. The molecule has 2 heterocycles. The standard InChI is InChI=1S/C23H24F4N6O/c1-12-8-17(24)18(32-21(34)29-7-6-22(4-5-22)23(25,26)27)10-15(12)16-9-14-11-30-20(28-3)33-19(14)31-13(16)2/h8-11H,4-7H2,1-3H3,(H2,29,32,34)(H,28,30,31,33). The Morgan fingerprint density at radius 1 is 1.12 bits per heavy atom. The van der Waals surface area contributed by atoms with Gasteiger partial charge < -0.3 is 16.0 Å². The summed E-state index contributed by atoms with van der Waals surface area (Å²) in [7, 11) is 1.70. The van der Waals surface area contributed by atoms with Crippen molar-refractivity contribution in [1.29, 1.82) is 0 Å². The molecular weight excluding hydrogens is 452 g/mol. The summed E-state index contributed by atoms with van der Waals surface area (Å²) in [4.78, 5) is 25.3. The molecule has 0 bridgehead atoms. The number of halogens is 4. The average Bonchev–Trinajstić information content (AvgIpc) is 3.56. The monoisotopic (exact) mass is 476 g/mol. The lowest BCUT2D eigenvalue weighted by atomic mass is 9.97. The second kappa shape index (κ2) is 8.69. The van der Waals surface area contributed by atoms with E-state index in [1.807, 2.05) is 6.07 Å². The Kier molecular flexibility index (Phi) is 6.05. The molecule has 180 valence electrons. The van der Waals surface area contributed by atoms with E-state index in [1.54, 1.807) is 27.1 Å². The summed E-state index contributed by atoms with van der Waals surface area (Å²) >= 11 is 0. The third kappa shape index (κ3) is 4.59. The fraction of sp³-hybridized carbons (Fsp3) is 0.391. The van der Waals surface area contributed by atoms with Gasteiger partial charge in [0.2, 0.25) is 5.95 Å². The van der Waals surface area contributed by atoms with E-state index in [-0.39, 0.29) is 31.5 Å². The molecule has 1 saturated carbocycles. The van der Waals surface area contributed by atoms with Crippen LogP contribution in [0.5, 0.6) is 0 Å². The maximum absolute atomic E-state index is 14.6. The van der Waals surface area contributed by atoms with E-state index in [4.69, 9.17) is 0 Å². The van der Waals surface area contributed by atoms with Gasteiger partial charge in [-0.2, -0.15) is 18.2 Å². The fourth-order valence-corrected chi connectivity index (χ4v) is 3.91. The zero-order valence-corrected chi connectivity index (χ0v) is 18.9. The second-order valence-electron chi connectivity index (χ2n) is 8.53. The smallest absolute Gasteiger partial charge is 0.357 e. The van der Waals surface area contributed by atoms with Crippen LogP contribution in [0.3, 0.4) is 0 Å². The quantitative estimate of drug-likeness (QED) is 0.418. The van der Waals surface area contributed by atoms with Crippen molar-refractivity contribution in [2.75, 3.05) is 24.2 Å². The van der Waals surface area contributed by atoms with Gasteiger partial charge in [0.15, 0.2) is 5.65 Å². The molecule has 7 nitrogen and oxygen atoms in total. The summed E-state index contributed by atoms with van der Waals surface area (Å²) in [5.74, 6) is -0.218. The van der Waals surface area contributed by atoms with Gasteiger partial charge >= 0.3 is 12.2 Å². The maximum Gasteiger partial charge on any atom is 0.394 e. The Morgan fingerprint density at radius 2 is 1.85 bits per heavy atom. The highest BCUT2D eigenvalue weighted by molar-refractivity contribution is 5.91. The number of benzene rings is 1. The number of urea groups is 1. The van der Waals surface area contributed by atoms with Gasteiger partial charge in [-0.1, -0.05) is 0 Å². The largest absolute Gasteiger partial charge is 0.394 e. The van der Waals surface area contributed by atoms with Gasteiger partial charge in [-0.3, -0.25) is 0 Å². The van der Waals surface area contributed by atoms with Gasteiger partial charge in [0.25, 0.3) is 0 Å². The lowest BCUT2D eigenvalue weighted by molar-refractivity contribution is -0.188. The molecule has 1 aliphatic rings. The number of anilines is 2. The molecule has 0 atom stereocenters. The number of alkyl halides is 3. The number of hydrogen-bond acceptors (Lipinski definition) is 5. The molecule has 0 spiro atoms. The molecule has 11 heteroatoms. The number of fused-ring (bicyclic) bond motifs is 1. The van der Waals surface area contributed by atoms with Gasteiger partial charge in [0, 0.05) is 36.4 Å². The number of hydrogen-bond donors (Lipinski definition) is 3. The molecule has 0 aliphatic heterocycles. The molecule has 1 aromatic carbocycles. The van der Waals surface area contributed by atoms with Crippen LogP contribution in [0.2, 0.25) is 0 Å². The van der Waals surface area contributed by atoms with Gasteiger partial charge in [-0.25, -0.2) is 19.2 Å². The summed E-state index contributed by atoms with van der Waals surface area (Å²) < 4.78 is 53.7. The predicted molar refractivity (Wildman–Crippen MR) is 121 cm³/mol. The molecule has 3 N–H and O–H groups in total. The minimum Gasteiger partial charge on any atom is -0.357 e. The molecule has 34 heavy (non-hydrogen) atoms. The van der Waals surface area contributed by atoms with Crippen LogP contribution in [-0.4, -0.2) is 40.8 Å². The Morgan fingerprint density at radius 3 is 2.50 bits per heavy atom. The van der Waals surface area contributed by atoms with Crippen LogP contribution >= 0.6 is 0 Å². The molecule has 1 aliphatic carbocycles. The van der Waals surface area contributed by atoms with Crippen molar-refractivity contribution in [2.45, 2.75) is 39.3 Å². The molecule has 3 aromatic rings. The van der Waals surface area contributed by atoms with Crippen molar-refractivity contribution < 1.29 is 22.4 Å². The predicted octanol–water partition coefficient (Wildman–Crippen LogP) is 5.34. The summed E-state index contributed by atoms with van der Waals surface area (Å²) in [6.07, 6.45) is -2.73. The molecule has 0 unspecified atom stereocenters. The first-order valence-electron chi connectivity index (χ1n) is 10.8. The van der Waals surface area contributed by atoms with Gasteiger partial charge in [0.05, 0.1) is 11.1 Å². The van der Waals surface area contributed by atoms with E-state index >= 15 is 0 Å². The Hall–Kier alpha value is -3.50. The van der Waals surface area contributed by atoms with Crippen molar-refractivity contribution in [3.63, 3.8) is 0 Å². The first-order chi connectivity index (χ1) is 16.0.